The molecule has 1 heterocycles. The van der Waals surface area contributed by atoms with E-state index in [9.17, 15) is 9.59 Å². The molecule has 0 aliphatic carbocycles. The van der Waals surface area contributed by atoms with E-state index >= 15 is 0 Å². The standard InChI is InChI=1S/C12H20N6O2/c1-12(2,3)11-16-7(13)4-10(17-11)18(5-8(14)19)6-9(15)20/h4H,5-6H2,1-3H3,(H2,14,19)(H2,15,20)(H2,13,16,17). The summed E-state index contributed by atoms with van der Waals surface area (Å²) in [6.07, 6.45) is 0. The lowest BCUT2D eigenvalue weighted by Crippen LogP contribution is -2.40. The van der Waals surface area contributed by atoms with E-state index in [2.05, 4.69) is 9.97 Å². The first-order valence-electron chi connectivity index (χ1n) is 6.06. The van der Waals surface area contributed by atoms with Crippen LogP contribution in [0.3, 0.4) is 0 Å². The van der Waals surface area contributed by atoms with Crippen LogP contribution in [0.1, 0.15) is 26.6 Å². The molecule has 0 aliphatic heterocycles. The number of carbonyl (C=O) groups is 2. The summed E-state index contributed by atoms with van der Waals surface area (Å²) in [5.41, 5.74) is 15.7. The van der Waals surface area contributed by atoms with Gasteiger partial charge in [-0.3, -0.25) is 9.59 Å². The van der Waals surface area contributed by atoms with Crippen LogP contribution < -0.4 is 22.1 Å². The van der Waals surface area contributed by atoms with Crippen molar-refractivity contribution < 1.29 is 9.59 Å². The first-order valence-corrected chi connectivity index (χ1v) is 6.06. The molecule has 0 atom stereocenters. The second-order valence-electron chi connectivity index (χ2n) is 5.51. The van der Waals surface area contributed by atoms with Crippen molar-refractivity contribution in [2.45, 2.75) is 26.2 Å². The predicted molar refractivity (Wildman–Crippen MR) is 75.7 cm³/mol. The van der Waals surface area contributed by atoms with E-state index in [1.54, 1.807) is 0 Å². The molecule has 0 aliphatic rings. The molecule has 0 spiro atoms. The fourth-order valence-corrected chi connectivity index (χ4v) is 1.54. The molecule has 8 nitrogen and oxygen atoms in total. The van der Waals surface area contributed by atoms with Crippen molar-refractivity contribution in [3.05, 3.63) is 11.9 Å². The van der Waals surface area contributed by atoms with Gasteiger partial charge in [0.1, 0.15) is 17.5 Å². The van der Waals surface area contributed by atoms with E-state index < -0.39 is 11.8 Å². The lowest BCUT2D eigenvalue weighted by Gasteiger charge is -2.24. The average molecular weight is 280 g/mol. The molecule has 1 rings (SSSR count). The van der Waals surface area contributed by atoms with Crippen LogP contribution in [0.15, 0.2) is 6.07 Å². The highest BCUT2D eigenvalue weighted by molar-refractivity contribution is 5.84. The molecule has 2 amide bonds. The summed E-state index contributed by atoms with van der Waals surface area (Å²) in [7, 11) is 0. The molecule has 0 saturated carbocycles. The largest absolute Gasteiger partial charge is 0.384 e. The number of rotatable bonds is 5. The number of nitrogens with two attached hydrogens (primary N) is 3. The summed E-state index contributed by atoms with van der Waals surface area (Å²) >= 11 is 0. The predicted octanol–water partition coefficient (Wildman–Crippen LogP) is -0.867. The second kappa shape index (κ2) is 5.72. The molecular weight excluding hydrogens is 260 g/mol. The van der Waals surface area contributed by atoms with E-state index in [1.807, 2.05) is 20.8 Å². The highest BCUT2D eigenvalue weighted by atomic mass is 16.2. The van der Waals surface area contributed by atoms with E-state index in [0.29, 0.717) is 11.6 Å². The first kappa shape index (κ1) is 15.7. The highest BCUT2D eigenvalue weighted by Gasteiger charge is 2.21. The van der Waals surface area contributed by atoms with Gasteiger partial charge < -0.3 is 22.1 Å². The lowest BCUT2D eigenvalue weighted by molar-refractivity contribution is -0.117. The quantitative estimate of drug-likeness (QED) is 0.640. The number of primary amides is 2. The van der Waals surface area contributed by atoms with E-state index in [4.69, 9.17) is 17.2 Å². The maximum atomic E-state index is 11.1. The summed E-state index contributed by atoms with van der Waals surface area (Å²) in [4.78, 5) is 32.0. The molecule has 1 aromatic rings. The summed E-state index contributed by atoms with van der Waals surface area (Å²) in [5.74, 6) is -0.0909. The van der Waals surface area contributed by atoms with Crippen LogP contribution in [0.2, 0.25) is 0 Å². The fourth-order valence-electron chi connectivity index (χ4n) is 1.54. The topological polar surface area (TPSA) is 141 Å². The summed E-state index contributed by atoms with van der Waals surface area (Å²) in [5, 5.41) is 0. The molecule has 0 aromatic carbocycles. The van der Waals surface area contributed by atoms with Crippen molar-refractivity contribution in [1.82, 2.24) is 9.97 Å². The van der Waals surface area contributed by atoms with Crippen molar-refractivity contribution in [3.8, 4) is 0 Å². The Hall–Kier alpha value is -2.38. The van der Waals surface area contributed by atoms with E-state index in [0.717, 1.165) is 0 Å². The van der Waals surface area contributed by atoms with Gasteiger partial charge in [-0.2, -0.15) is 0 Å². The minimum absolute atomic E-state index is 0.178. The number of aromatic nitrogens is 2. The fraction of sp³-hybridized carbons (Fsp3) is 0.500. The molecule has 0 fully saturated rings. The van der Waals surface area contributed by atoms with E-state index in [1.165, 1.54) is 11.0 Å². The van der Waals surface area contributed by atoms with Crippen molar-refractivity contribution >= 4 is 23.5 Å². The minimum atomic E-state index is -0.597. The summed E-state index contributed by atoms with van der Waals surface area (Å²) < 4.78 is 0. The highest BCUT2D eigenvalue weighted by Crippen LogP contribution is 2.22. The SMILES string of the molecule is CC(C)(C)c1nc(N)cc(N(CC(N)=O)CC(N)=O)n1. The van der Waals surface area contributed by atoms with Gasteiger partial charge in [-0.25, -0.2) is 9.97 Å². The van der Waals surface area contributed by atoms with Gasteiger partial charge in [-0.05, 0) is 0 Å². The Labute approximate surface area is 117 Å². The molecule has 0 radical (unpaired) electrons. The Morgan fingerprint density at radius 2 is 1.65 bits per heavy atom. The normalized spacial score (nSPS) is 11.2. The van der Waals surface area contributed by atoms with Gasteiger partial charge in [-0.15, -0.1) is 0 Å². The maximum Gasteiger partial charge on any atom is 0.237 e. The van der Waals surface area contributed by atoms with Crippen molar-refractivity contribution in [3.63, 3.8) is 0 Å². The Balaban J connectivity index is 3.21. The second-order valence-corrected chi connectivity index (χ2v) is 5.51. The van der Waals surface area contributed by atoms with Crippen molar-refractivity contribution in [1.29, 1.82) is 0 Å². The van der Waals surface area contributed by atoms with Crippen LogP contribution in [0.25, 0.3) is 0 Å². The van der Waals surface area contributed by atoms with Gasteiger partial charge >= 0.3 is 0 Å². The Bertz CT molecular complexity index is 507. The average Bonchev–Trinajstić information content (AvgIpc) is 2.24. The molecule has 8 heteroatoms. The molecule has 20 heavy (non-hydrogen) atoms. The van der Waals surface area contributed by atoms with Crippen LogP contribution in [0.4, 0.5) is 11.6 Å². The van der Waals surface area contributed by atoms with Gasteiger partial charge in [0.25, 0.3) is 0 Å². The van der Waals surface area contributed by atoms with Gasteiger partial charge in [0.2, 0.25) is 11.8 Å². The van der Waals surface area contributed by atoms with Gasteiger partial charge in [0.05, 0.1) is 13.1 Å². The molecule has 1 aromatic heterocycles. The Morgan fingerprint density at radius 1 is 1.15 bits per heavy atom. The number of carbonyl (C=O) groups excluding carboxylic acids is 2. The van der Waals surface area contributed by atoms with Crippen molar-refractivity contribution in [2.75, 3.05) is 23.7 Å². The van der Waals surface area contributed by atoms with Gasteiger partial charge in [-0.1, -0.05) is 20.8 Å². The molecule has 110 valence electrons. The number of hydrogen-bond donors (Lipinski definition) is 3. The van der Waals surface area contributed by atoms with Crippen LogP contribution in [-0.2, 0) is 15.0 Å². The molecule has 0 unspecified atom stereocenters. The van der Waals surface area contributed by atoms with Crippen LogP contribution in [0, 0.1) is 0 Å². The monoisotopic (exact) mass is 280 g/mol. The third kappa shape index (κ3) is 4.38. The number of amides is 2. The zero-order valence-corrected chi connectivity index (χ0v) is 11.9. The van der Waals surface area contributed by atoms with Crippen LogP contribution >= 0.6 is 0 Å². The van der Waals surface area contributed by atoms with Crippen LogP contribution in [-0.4, -0.2) is 34.9 Å². The zero-order valence-electron chi connectivity index (χ0n) is 11.9. The number of hydrogen-bond acceptors (Lipinski definition) is 6. The maximum absolute atomic E-state index is 11.1. The number of nitrogens with zero attached hydrogens (tertiary/aromatic N) is 3. The number of anilines is 2. The van der Waals surface area contributed by atoms with Crippen molar-refractivity contribution in [2.24, 2.45) is 11.5 Å². The Morgan fingerprint density at radius 3 is 2.05 bits per heavy atom. The van der Waals surface area contributed by atoms with E-state index in [-0.39, 0.29) is 24.3 Å². The van der Waals surface area contributed by atoms with Gasteiger partial charge in [0, 0.05) is 11.5 Å². The number of nitrogen functional groups attached to an aromatic ring is 1. The molecule has 6 N–H and O–H groups in total. The molecular formula is C12H20N6O2. The Kier molecular flexibility index (Phi) is 4.49. The summed E-state index contributed by atoms with van der Waals surface area (Å²) in [6.45, 7) is 5.43. The smallest absolute Gasteiger partial charge is 0.237 e. The lowest BCUT2D eigenvalue weighted by atomic mass is 9.96. The summed E-state index contributed by atoms with van der Waals surface area (Å²) in [6, 6.07) is 1.47. The zero-order chi connectivity index (χ0) is 15.5. The van der Waals surface area contributed by atoms with Gasteiger partial charge in [0.15, 0.2) is 0 Å². The molecule has 0 saturated heterocycles. The molecule has 0 bridgehead atoms. The third-order valence-electron chi connectivity index (χ3n) is 2.42. The minimum Gasteiger partial charge on any atom is -0.384 e. The first-order chi connectivity index (χ1) is 9.09. The third-order valence-corrected chi connectivity index (χ3v) is 2.42. The van der Waals surface area contributed by atoms with Crippen LogP contribution in [0.5, 0.6) is 0 Å².